The van der Waals surface area contributed by atoms with Crippen molar-refractivity contribution in [3.63, 3.8) is 0 Å². The lowest BCUT2D eigenvalue weighted by Gasteiger charge is -2.37. The highest BCUT2D eigenvalue weighted by Crippen LogP contribution is 2.43. The number of rotatable bonds is 6. The SMILES string of the molecule is CC(C)(C[C@@](O)(CC#Cc1nc(S(C)(=O)=O)ccc1NC(=O)C(F)(F)F)C(F)(F)F)c1cccc(Br)c1. The molecule has 0 aliphatic heterocycles. The minimum atomic E-state index is -5.31. The first kappa shape index (κ1) is 30.6. The summed E-state index contributed by atoms with van der Waals surface area (Å²) >= 11 is 3.24. The Bertz CT molecular complexity index is 1350. The lowest BCUT2D eigenvalue weighted by molar-refractivity contribution is -0.264. The van der Waals surface area contributed by atoms with Crippen molar-refractivity contribution in [1.29, 1.82) is 0 Å². The third-order valence-corrected chi connectivity index (χ3v) is 6.69. The maximum absolute atomic E-state index is 14.0. The van der Waals surface area contributed by atoms with Gasteiger partial charge in [-0.05, 0) is 47.6 Å². The van der Waals surface area contributed by atoms with Gasteiger partial charge in [0.1, 0.15) is 5.69 Å². The molecular formula is C23H21BrF6N2O4S. The Kier molecular flexibility index (Phi) is 8.78. The van der Waals surface area contributed by atoms with E-state index in [4.69, 9.17) is 0 Å². The quantitative estimate of drug-likeness (QED) is 0.346. The Labute approximate surface area is 217 Å². The monoisotopic (exact) mass is 614 g/mol. The molecule has 202 valence electrons. The molecule has 2 N–H and O–H groups in total. The minimum absolute atomic E-state index is 0.483. The minimum Gasteiger partial charge on any atom is -0.380 e. The molecule has 0 spiro atoms. The summed E-state index contributed by atoms with van der Waals surface area (Å²) < 4.78 is 104. The highest BCUT2D eigenvalue weighted by atomic mass is 79.9. The number of hydrogen-bond acceptors (Lipinski definition) is 5. The number of aliphatic hydroxyl groups is 1. The van der Waals surface area contributed by atoms with E-state index in [2.05, 4.69) is 26.8 Å². The Hall–Kier alpha value is -2.63. The van der Waals surface area contributed by atoms with Gasteiger partial charge >= 0.3 is 18.3 Å². The van der Waals surface area contributed by atoms with Crippen molar-refractivity contribution in [1.82, 2.24) is 4.98 Å². The van der Waals surface area contributed by atoms with E-state index in [1.165, 1.54) is 19.2 Å². The van der Waals surface area contributed by atoms with Crippen LogP contribution in [0.4, 0.5) is 32.0 Å². The Morgan fingerprint density at radius 3 is 2.24 bits per heavy atom. The van der Waals surface area contributed by atoms with Crippen LogP contribution < -0.4 is 5.32 Å². The average molecular weight is 615 g/mol. The van der Waals surface area contributed by atoms with Crippen LogP contribution in [0, 0.1) is 11.8 Å². The van der Waals surface area contributed by atoms with Gasteiger partial charge < -0.3 is 10.4 Å². The van der Waals surface area contributed by atoms with Crippen molar-refractivity contribution in [2.24, 2.45) is 0 Å². The van der Waals surface area contributed by atoms with Crippen molar-refractivity contribution in [3.8, 4) is 11.8 Å². The van der Waals surface area contributed by atoms with E-state index in [9.17, 15) is 44.7 Å². The lowest BCUT2D eigenvalue weighted by atomic mass is 9.74. The summed E-state index contributed by atoms with van der Waals surface area (Å²) in [7, 11) is -3.98. The molecule has 14 heteroatoms. The van der Waals surface area contributed by atoms with Gasteiger partial charge in [-0.3, -0.25) is 4.79 Å². The molecule has 6 nitrogen and oxygen atoms in total. The largest absolute Gasteiger partial charge is 0.471 e. The number of carbonyl (C=O) groups excluding carboxylic acids is 1. The van der Waals surface area contributed by atoms with Gasteiger partial charge in [0.15, 0.2) is 20.5 Å². The molecule has 1 amide bonds. The molecule has 0 aliphatic rings. The van der Waals surface area contributed by atoms with Crippen molar-refractivity contribution in [3.05, 3.63) is 52.1 Å². The first-order valence-corrected chi connectivity index (χ1v) is 13.0. The van der Waals surface area contributed by atoms with E-state index in [0.29, 0.717) is 10.0 Å². The van der Waals surface area contributed by atoms with E-state index in [-0.39, 0.29) is 0 Å². The number of nitrogens with one attached hydrogen (secondary N) is 1. The second kappa shape index (κ2) is 10.6. The van der Waals surface area contributed by atoms with Gasteiger partial charge in [0.25, 0.3) is 0 Å². The molecule has 1 heterocycles. The van der Waals surface area contributed by atoms with Crippen molar-refractivity contribution >= 4 is 37.4 Å². The number of carbonyl (C=O) groups is 1. The number of halogens is 7. The fraction of sp³-hybridized carbons (Fsp3) is 0.391. The van der Waals surface area contributed by atoms with Crippen LogP contribution in [-0.4, -0.2) is 48.6 Å². The number of hydrogen-bond donors (Lipinski definition) is 2. The Balaban J connectivity index is 2.49. The second-order valence-electron chi connectivity index (χ2n) is 8.85. The zero-order valence-electron chi connectivity index (χ0n) is 19.6. The van der Waals surface area contributed by atoms with Crippen molar-refractivity contribution < 1.29 is 44.7 Å². The fourth-order valence-electron chi connectivity index (χ4n) is 3.32. The van der Waals surface area contributed by atoms with Crippen LogP contribution in [0.1, 0.15) is 37.9 Å². The van der Waals surface area contributed by atoms with E-state index < -0.39 is 68.4 Å². The van der Waals surface area contributed by atoms with E-state index in [1.54, 1.807) is 24.3 Å². The number of sulfone groups is 1. The number of benzene rings is 1. The van der Waals surface area contributed by atoms with E-state index in [1.807, 2.05) is 5.92 Å². The summed E-state index contributed by atoms with van der Waals surface area (Å²) in [4.78, 5) is 14.9. The van der Waals surface area contributed by atoms with Gasteiger partial charge in [0, 0.05) is 17.1 Å². The molecule has 0 unspecified atom stereocenters. The number of anilines is 1. The zero-order valence-corrected chi connectivity index (χ0v) is 22.0. The third-order valence-electron chi connectivity index (χ3n) is 5.21. The van der Waals surface area contributed by atoms with Gasteiger partial charge in [-0.2, -0.15) is 26.3 Å². The first-order valence-electron chi connectivity index (χ1n) is 10.3. The van der Waals surface area contributed by atoms with Gasteiger partial charge in [-0.1, -0.05) is 47.8 Å². The molecule has 0 saturated heterocycles. The molecule has 0 fully saturated rings. The molecular weight excluding hydrogens is 594 g/mol. The van der Waals surface area contributed by atoms with Crippen LogP contribution in [0.25, 0.3) is 0 Å². The summed E-state index contributed by atoms with van der Waals surface area (Å²) in [6.45, 7) is 2.97. The molecule has 1 atom stereocenters. The molecule has 37 heavy (non-hydrogen) atoms. The topological polar surface area (TPSA) is 96.4 Å². The maximum atomic E-state index is 14.0. The number of nitrogens with zero attached hydrogens (tertiary/aromatic N) is 1. The molecule has 1 aromatic heterocycles. The number of pyridine rings is 1. The highest BCUT2D eigenvalue weighted by Gasteiger charge is 2.55. The fourth-order valence-corrected chi connectivity index (χ4v) is 4.29. The molecule has 0 bridgehead atoms. The van der Waals surface area contributed by atoms with Crippen molar-refractivity contribution in [2.45, 2.75) is 55.1 Å². The van der Waals surface area contributed by atoms with Gasteiger partial charge in [-0.25, -0.2) is 13.4 Å². The summed E-state index contributed by atoms with van der Waals surface area (Å²) in [6, 6.07) is 8.06. The maximum Gasteiger partial charge on any atom is 0.471 e. The standard InChI is InChI=1S/C23H21BrF6N2O4S/c1-20(2,14-6-4-7-15(24)12-14)13-21(34,23(28,29)30)11-5-8-16-17(32-19(33)22(25,26)27)9-10-18(31-16)37(3,35)36/h4,6-7,9-10,12,34H,11,13H2,1-3H3,(H,32,33)/t21-/m0/s1. The van der Waals surface area contributed by atoms with Crippen LogP contribution in [0.2, 0.25) is 0 Å². The average Bonchev–Trinajstić information content (AvgIpc) is 2.72. The predicted octanol–water partition coefficient (Wildman–Crippen LogP) is 5.15. The second-order valence-corrected chi connectivity index (χ2v) is 11.7. The summed E-state index contributed by atoms with van der Waals surface area (Å²) in [5, 5.41) is 11.4. The smallest absolute Gasteiger partial charge is 0.380 e. The zero-order chi connectivity index (χ0) is 28.4. The van der Waals surface area contributed by atoms with E-state index in [0.717, 1.165) is 18.4 Å². The highest BCUT2D eigenvalue weighted by molar-refractivity contribution is 9.10. The van der Waals surface area contributed by atoms with Gasteiger partial charge in [0.05, 0.1) is 5.69 Å². The molecule has 2 rings (SSSR count). The van der Waals surface area contributed by atoms with Crippen LogP contribution >= 0.6 is 15.9 Å². The normalized spacial score (nSPS) is 14.4. The summed E-state index contributed by atoms with van der Waals surface area (Å²) in [6.07, 6.45) is -11.8. The molecule has 1 aromatic carbocycles. The summed E-state index contributed by atoms with van der Waals surface area (Å²) in [5.41, 5.74) is -5.47. The molecule has 0 aliphatic carbocycles. The molecule has 0 saturated carbocycles. The van der Waals surface area contributed by atoms with Gasteiger partial charge in [-0.15, -0.1) is 0 Å². The van der Waals surface area contributed by atoms with Crippen molar-refractivity contribution in [2.75, 3.05) is 11.6 Å². The van der Waals surface area contributed by atoms with Crippen LogP contribution in [0.5, 0.6) is 0 Å². The van der Waals surface area contributed by atoms with Crippen LogP contribution in [0.3, 0.4) is 0 Å². The number of alkyl halides is 6. The molecule has 0 radical (unpaired) electrons. The summed E-state index contributed by atoms with van der Waals surface area (Å²) in [5.74, 6) is 1.69. The number of amides is 1. The Morgan fingerprint density at radius 2 is 1.73 bits per heavy atom. The van der Waals surface area contributed by atoms with E-state index >= 15 is 0 Å². The van der Waals surface area contributed by atoms with Crippen LogP contribution in [0.15, 0.2) is 45.9 Å². The van der Waals surface area contributed by atoms with Gasteiger partial charge in [0.2, 0.25) is 0 Å². The molecule has 2 aromatic rings. The lowest BCUT2D eigenvalue weighted by Crippen LogP contribution is -2.48. The Morgan fingerprint density at radius 1 is 1.11 bits per heavy atom. The number of aromatic nitrogens is 1. The predicted molar refractivity (Wildman–Crippen MR) is 126 cm³/mol. The van der Waals surface area contributed by atoms with Crippen LogP contribution in [-0.2, 0) is 20.0 Å². The first-order chi connectivity index (χ1) is 16.7. The third kappa shape index (κ3) is 7.93.